The highest BCUT2D eigenvalue weighted by Crippen LogP contribution is 2.38. The summed E-state index contributed by atoms with van der Waals surface area (Å²) < 4.78 is 7.62. The number of hydrogen-bond donors (Lipinski definition) is 0. The standard InChI is InChI=1S/C24H26N5O2/c30-22(20-11-25-23(26-12-20)29-14-24(15-29)16-31-17-24)27-9-6-21(7-10-27)28-8-5-18-3-1-2-4-19(18)13-28/h1-5,8,11-13,21H,6-7,9-10,14-17H2/q+1. The molecule has 1 spiro atoms. The lowest BCUT2D eigenvalue weighted by Crippen LogP contribution is -2.66. The lowest BCUT2D eigenvalue weighted by atomic mass is 9.78. The van der Waals surface area contributed by atoms with Crippen LogP contribution >= 0.6 is 0 Å². The minimum absolute atomic E-state index is 0.0287. The second-order valence-electron chi connectivity index (χ2n) is 9.16. The predicted molar refractivity (Wildman–Crippen MR) is 116 cm³/mol. The molecule has 0 unspecified atom stereocenters. The Bertz CT molecular complexity index is 1110. The molecular formula is C24H26N5O2+. The molecule has 5 heterocycles. The number of hydrogen-bond acceptors (Lipinski definition) is 5. The highest BCUT2D eigenvalue weighted by Gasteiger charge is 2.49. The molecule has 3 fully saturated rings. The van der Waals surface area contributed by atoms with E-state index in [2.05, 4.69) is 62.2 Å². The van der Waals surface area contributed by atoms with Crippen molar-refractivity contribution in [2.24, 2.45) is 5.41 Å². The van der Waals surface area contributed by atoms with E-state index in [1.807, 2.05) is 4.90 Å². The lowest BCUT2D eigenvalue weighted by molar-refractivity contribution is -0.724. The van der Waals surface area contributed by atoms with E-state index in [0.717, 1.165) is 52.2 Å². The summed E-state index contributed by atoms with van der Waals surface area (Å²) in [5, 5.41) is 2.50. The number of benzene rings is 1. The van der Waals surface area contributed by atoms with E-state index >= 15 is 0 Å². The van der Waals surface area contributed by atoms with E-state index in [1.54, 1.807) is 12.4 Å². The Kier molecular flexibility index (Phi) is 4.38. The highest BCUT2D eigenvalue weighted by atomic mass is 16.5. The van der Waals surface area contributed by atoms with Crippen LogP contribution in [0.4, 0.5) is 5.95 Å². The van der Waals surface area contributed by atoms with Crippen molar-refractivity contribution in [2.75, 3.05) is 44.3 Å². The second-order valence-corrected chi connectivity index (χ2v) is 9.16. The molecule has 0 N–H and O–H groups in total. The Labute approximate surface area is 181 Å². The van der Waals surface area contributed by atoms with Crippen LogP contribution < -0.4 is 9.47 Å². The summed E-state index contributed by atoms with van der Waals surface area (Å²) in [7, 11) is 0. The maximum absolute atomic E-state index is 12.9. The normalized spacial score (nSPS) is 20.5. The van der Waals surface area contributed by atoms with Crippen molar-refractivity contribution in [2.45, 2.75) is 18.9 Å². The topological polar surface area (TPSA) is 62.4 Å². The van der Waals surface area contributed by atoms with Crippen molar-refractivity contribution in [3.8, 4) is 0 Å². The molecule has 0 aliphatic carbocycles. The SMILES string of the molecule is O=C(c1cnc(N2CC3(COC3)C2)nc1)N1CCC([n+]2ccc3ccccc3c2)CC1. The van der Waals surface area contributed by atoms with Crippen LogP contribution in [0.15, 0.2) is 55.1 Å². The van der Waals surface area contributed by atoms with Crippen LogP contribution in [0, 0.1) is 5.41 Å². The third-order valence-corrected chi connectivity index (χ3v) is 6.92. The van der Waals surface area contributed by atoms with Crippen molar-refractivity contribution >= 4 is 22.6 Å². The van der Waals surface area contributed by atoms with Gasteiger partial charge >= 0.3 is 0 Å². The maximum atomic E-state index is 12.9. The van der Waals surface area contributed by atoms with Gasteiger partial charge in [-0.3, -0.25) is 4.79 Å². The number of amides is 1. The first-order valence-corrected chi connectivity index (χ1v) is 11.0. The van der Waals surface area contributed by atoms with E-state index < -0.39 is 0 Å². The quantitative estimate of drug-likeness (QED) is 0.613. The minimum Gasteiger partial charge on any atom is -0.380 e. The van der Waals surface area contributed by atoms with Crippen LogP contribution in [0.25, 0.3) is 10.8 Å². The molecule has 1 amide bonds. The molecular weight excluding hydrogens is 390 g/mol. The number of likely N-dealkylation sites (tertiary alicyclic amines) is 1. The first-order valence-electron chi connectivity index (χ1n) is 11.0. The van der Waals surface area contributed by atoms with E-state index in [1.165, 1.54) is 10.8 Å². The van der Waals surface area contributed by atoms with Gasteiger partial charge < -0.3 is 14.5 Å². The zero-order valence-corrected chi connectivity index (χ0v) is 17.5. The summed E-state index contributed by atoms with van der Waals surface area (Å²) >= 11 is 0. The fourth-order valence-corrected chi connectivity index (χ4v) is 5.00. The Balaban J connectivity index is 1.07. The molecule has 2 aromatic heterocycles. The molecule has 3 aromatic rings. The lowest BCUT2D eigenvalue weighted by Gasteiger charge is -2.54. The fourth-order valence-electron chi connectivity index (χ4n) is 5.00. The van der Waals surface area contributed by atoms with Gasteiger partial charge in [0.1, 0.15) is 0 Å². The van der Waals surface area contributed by atoms with Crippen molar-refractivity contribution in [1.82, 2.24) is 14.9 Å². The third-order valence-electron chi connectivity index (χ3n) is 6.92. The average Bonchev–Trinajstić information content (AvgIpc) is 2.77. The summed E-state index contributed by atoms with van der Waals surface area (Å²) in [5.41, 5.74) is 0.897. The van der Waals surface area contributed by atoms with Crippen LogP contribution in [-0.2, 0) is 4.74 Å². The molecule has 6 rings (SSSR count). The molecule has 7 nitrogen and oxygen atoms in total. The fraction of sp³-hybridized carbons (Fsp3) is 0.417. The van der Waals surface area contributed by atoms with Gasteiger partial charge in [-0.25, -0.2) is 14.5 Å². The average molecular weight is 417 g/mol. The molecule has 158 valence electrons. The molecule has 0 radical (unpaired) electrons. The van der Waals surface area contributed by atoms with Gasteiger partial charge in [0, 0.05) is 62.9 Å². The molecule has 31 heavy (non-hydrogen) atoms. The summed E-state index contributed by atoms with van der Waals surface area (Å²) in [6.45, 7) is 5.07. The number of nitrogens with zero attached hydrogens (tertiary/aromatic N) is 5. The zero-order valence-electron chi connectivity index (χ0n) is 17.5. The van der Waals surface area contributed by atoms with Gasteiger partial charge in [0.2, 0.25) is 5.95 Å². The number of pyridine rings is 1. The smallest absolute Gasteiger partial charge is 0.257 e. The Morgan fingerprint density at radius 2 is 1.74 bits per heavy atom. The predicted octanol–water partition coefficient (Wildman–Crippen LogP) is 2.23. The van der Waals surface area contributed by atoms with Gasteiger partial charge in [-0.2, -0.15) is 0 Å². The van der Waals surface area contributed by atoms with Crippen LogP contribution in [0.5, 0.6) is 0 Å². The van der Waals surface area contributed by atoms with Crippen molar-refractivity contribution in [3.05, 3.63) is 60.7 Å². The Morgan fingerprint density at radius 1 is 1.03 bits per heavy atom. The molecule has 3 aliphatic heterocycles. The number of fused-ring (bicyclic) bond motifs is 1. The molecule has 0 bridgehead atoms. The Hall–Kier alpha value is -3.06. The first kappa shape index (κ1) is 18.7. The minimum atomic E-state index is 0.0287. The molecule has 3 saturated heterocycles. The number of carbonyl (C=O) groups is 1. The number of aromatic nitrogens is 3. The first-order chi connectivity index (χ1) is 15.2. The number of anilines is 1. The van der Waals surface area contributed by atoms with Gasteiger partial charge in [-0.05, 0) is 11.5 Å². The Morgan fingerprint density at radius 3 is 2.42 bits per heavy atom. The van der Waals surface area contributed by atoms with Crippen molar-refractivity contribution < 1.29 is 14.1 Å². The van der Waals surface area contributed by atoms with E-state index in [-0.39, 0.29) is 5.91 Å². The van der Waals surface area contributed by atoms with Crippen LogP contribution in [0.1, 0.15) is 29.2 Å². The highest BCUT2D eigenvalue weighted by molar-refractivity contribution is 5.93. The van der Waals surface area contributed by atoms with E-state index in [0.29, 0.717) is 23.0 Å². The third kappa shape index (κ3) is 3.33. The van der Waals surface area contributed by atoms with E-state index in [9.17, 15) is 4.79 Å². The maximum Gasteiger partial charge on any atom is 0.257 e. The zero-order chi connectivity index (χ0) is 20.8. The summed E-state index contributed by atoms with van der Waals surface area (Å²) in [6.07, 6.45) is 9.64. The largest absolute Gasteiger partial charge is 0.380 e. The van der Waals surface area contributed by atoms with Gasteiger partial charge in [0.25, 0.3) is 5.91 Å². The molecule has 1 aromatic carbocycles. The molecule has 7 heteroatoms. The molecule has 0 atom stereocenters. The summed E-state index contributed by atoms with van der Waals surface area (Å²) in [5.74, 6) is 0.737. The van der Waals surface area contributed by atoms with E-state index in [4.69, 9.17) is 4.74 Å². The van der Waals surface area contributed by atoms with Gasteiger partial charge in [-0.1, -0.05) is 18.2 Å². The van der Waals surface area contributed by atoms with Gasteiger partial charge in [0.05, 0.1) is 24.2 Å². The number of piperidine rings is 1. The number of rotatable bonds is 3. The number of ether oxygens (including phenoxy) is 1. The van der Waals surface area contributed by atoms with Gasteiger partial charge in [-0.15, -0.1) is 0 Å². The monoisotopic (exact) mass is 416 g/mol. The van der Waals surface area contributed by atoms with Crippen LogP contribution in [0.2, 0.25) is 0 Å². The summed E-state index contributed by atoms with van der Waals surface area (Å²) in [4.78, 5) is 25.9. The molecule has 3 aliphatic rings. The van der Waals surface area contributed by atoms with Crippen molar-refractivity contribution in [1.29, 1.82) is 0 Å². The van der Waals surface area contributed by atoms with Crippen LogP contribution in [-0.4, -0.2) is 60.2 Å². The molecule has 0 saturated carbocycles. The van der Waals surface area contributed by atoms with Gasteiger partial charge in [0.15, 0.2) is 18.4 Å². The number of carbonyl (C=O) groups excluding carboxylic acids is 1. The van der Waals surface area contributed by atoms with Crippen molar-refractivity contribution in [3.63, 3.8) is 0 Å². The second kappa shape index (κ2) is 7.27. The summed E-state index contributed by atoms with van der Waals surface area (Å²) in [6, 6.07) is 11.0. The van der Waals surface area contributed by atoms with Crippen LogP contribution in [0.3, 0.4) is 0 Å².